The monoisotopic (exact) mass is 374 g/mol. The number of hydrogen-bond donors (Lipinski definition) is 1. The zero-order valence-corrected chi connectivity index (χ0v) is 13.9. The lowest BCUT2D eigenvalue weighted by Gasteiger charge is -2.34. The minimum Gasteiger partial charge on any atom is -0.338 e. The van der Waals surface area contributed by atoms with E-state index >= 15 is 0 Å². The van der Waals surface area contributed by atoms with Crippen LogP contribution in [0.2, 0.25) is 5.15 Å². The molecule has 0 saturated carbocycles. The van der Waals surface area contributed by atoms with Crippen LogP contribution in [-0.2, 0) is 0 Å². The zero-order valence-electron chi connectivity index (χ0n) is 11.6. The molecule has 3 amide bonds. The lowest BCUT2D eigenvalue weighted by Crippen LogP contribution is -2.53. The minimum absolute atomic E-state index is 0.0910. The Morgan fingerprint density at radius 2 is 1.95 bits per heavy atom. The molecule has 2 heterocycles. The molecule has 21 heavy (non-hydrogen) atoms. The molecule has 1 aromatic heterocycles. The van der Waals surface area contributed by atoms with E-state index in [4.69, 9.17) is 11.6 Å². The van der Waals surface area contributed by atoms with E-state index in [1.165, 1.54) is 0 Å². The van der Waals surface area contributed by atoms with Gasteiger partial charge in [0, 0.05) is 43.4 Å². The molecule has 2 rings (SSSR count). The number of nitrogens with zero attached hydrogens (tertiary/aromatic N) is 3. The van der Waals surface area contributed by atoms with Gasteiger partial charge in [0.05, 0.1) is 5.56 Å². The molecule has 1 aromatic rings. The predicted octanol–water partition coefficient (Wildman–Crippen LogP) is 1.98. The summed E-state index contributed by atoms with van der Waals surface area (Å²) in [7, 11) is 0. The maximum atomic E-state index is 12.4. The number of nitrogens with one attached hydrogen (secondary N) is 1. The number of carbonyl (C=O) groups excluding carboxylic acids is 2. The van der Waals surface area contributed by atoms with Gasteiger partial charge < -0.3 is 15.1 Å². The van der Waals surface area contributed by atoms with E-state index in [1.807, 2.05) is 6.92 Å². The average Bonchev–Trinajstić information content (AvgIpc) is 2.49. The van der Waals surface area contributed by atoms with Crippen molar-refractivity contribution < 1.29 is 9.59 Å². The Hall–Kier alpha value is -1.34. The molecule has 1 aliphatic heterocycles. The summed E-state index contributed by atoms with van der Waals surface area (Å²) in [5.41, 5.74) is 0.373. The Bertz CT molecular complexity index is 547. The number of hydrogen-bond acceptors (Lipinski definition) is 3. The second-order valence-corrected chi connectivity index (χ2v) is 5.88. The summed E-state index contributed by atoms with van der Waals surface area (Å²) in [6, 6.07) is 1.57. The third-order valence-electron chi connectivity index (χ3n) is 3.22. The van der Waals surface area contributed by atoms with Crippen LogP contribution in [0.1, 0.15) is 17.3 Å². The third-order valence-corrected chi connectivity index (χ3v) is 3.95. The van der Waals surface area contributed by atoms with Crippen LogP contribution in [0.25, 0.3) is 0 Å². The van der Waals surface area contributed by atoms with Gasteiger partial charge in [-0.05, 0) is 28.9 Å². The lowest BCUT2D eigenvalue weighted by molar-refractivity contribution is 0.0665. The molecule has 6 nitrogen and oxygen atoms in total. The Morgan fingerprint density at radius 1 is 1.33 bits per heavy atom. The van der Waals surface area contributed by atoms with Gasteiger partial charge >= 0.3 is 6.03 Å². The molecule has 0 spiro atoms. The molecule has 0 aromatic carbocycles. The van der Waals surface area contributed by atoms with Crippen molar-refractivity contribution >= 4 is 39.5 Å². The maximum absolute atomic E-state index is 12.4. The van der Waals surface area contributed by atoms with E-state index in [-0.39, 0.29) is 17.1 Å². The van der Waals surface area contributed by atoms with E-state index in [9.17, 15) is 9.59 Å². The molecule has 1 aliphatic rings. The van der Waals surface area contributed by atoms with Crippen LogP contribution in [0.15, 0.2) is 16.7 Å². The first-order valence-corrected chi connectivity index (χ1v) is 7.83. The highest BCUT2D eigenvalue weighted by Crippen LogP contribution is 2.20. The van der Waals surface area contributed by atoms with Crippen LogP contribution in [0.4, 0.5) is 4.79 Å². The molecule has 0 bridgehead atoms. The summed E-state index contributed by atoms with van der Waals surface area (Å²) in [5, 5.41) is 2.94. The summed E-state index contributed by atoms with van der Waals surface area (Å²) in [4.78, 5) is 31.5. The van der Waals surface area contributed by atoms with Gasteiger partial charge in [-0.1, -0.05) is 11.6 Å². The Labute approximate surface area is 136 Å². The first-order valence-electron chi connectivity index (χ1n) is 6.66. The van der Waals surface area contributed by atoms with E-state index < -0.39 is 0 Å². The average molecular weight is 376 g/mol. The van der Waals surface area contributed by atoms with Crippen LogP contribution in [-0.4, -0.2) is 59.4 Å². The Morgan fingerprint density at radius 3 is 2.57 bits per heavy atom. The van der Waals surface area contributed by atoms with Gasteiger partial charge in [-0.25, -0.2) is 9.78 Å². The number of carbonyl (C=O) groups is 2. The van der Waals surface area contributed by atoms with Gasteiger partial charge in [0.1, 0.15) is 5.15 Å². The first-order chi connectivity index (χ1) is 10.0. The van der Waals surface area contributed by atoms with Crippen LogP contribution in [0.3, 0.4) is 0 Å². The summed E-state index contributed by atoms with van der Waals surface area (Å²) >= 11 is 9.26. The topological polar surface area (TPSA) is 65.5 Å². The molecule has 1 fully saturated rings. The van der Waals surface area contributed by atoms with Gasteiger partial charge in [-0.15, -0.1) is 0 Å². The van der Waals surface area contributed by atoms with E-state index in [1.54, 1.807) is 22.1 Å². The van der Waals surface area contributed by atoms with Crippen molar-refractivity contribution in [2.24, 2.45) is 0 Å². The van der Waals surface area contributed by atoms with Gasteiger partial charge in [-0.3, -0.25) is 4.79 Å². The number of halogens is 2. The fourth-order valence-electron chi connectivity index (χ4n) is 2.12. The van der Waals surface area contributed by atoms with Crippen molar-refractivity contribution in [3.63, 3.8) is 0 Å². The predicted molar refractivity (Wildman–Crippen MR) is 83.5 cm³/mol. The molecule has 0 unspecified atom stereocenters. The SMILES string of the molecule is CCNC(=O)N1CCN(C(=O)c2cc(Br)cnc2Cl)CC1. The smallest absolute Gasteiger partial charge is 0.317 e. The highest BCUT2D eigenvalue weighted by molar-refractivity contribution is 9.10. The molecule has 0 aliphatic carbocycles. The highest BCUT2D eigenvalue weighted by Gasteiger charge is 2.26. The zero-order chi connectivity index (χ0) is 15.4. The number of amides is 3. The van der Waals surface area contributed by atoms with E-state index in [0.29, 0.717) is 42.8 Å². The number of pyridine rings is 1. The second-order valence-electron chi connectivity index (χ2n) is 4.61. The second kappa shape index (κ2) is 7.09. The van der Waals surface area contributed by atoms with Crippen LogP contribution >= 0.6 is 27.5 Å². The van der Waals surface area contributed by atoms with Crippen molar-refractivity contribution in [2.45, 2.75) is 6.92 Å². The summed E-state index contributed by atoms with van der Waals surface area (Å²) < 4.78 is 0.705. The summed E-state index contributed by atoms with van der Waals surface area (Å²) in [5.74, 6) is -0.163. The van der Waals surface area contributed by atoms with Crippen LogP contribution in [0.5, 0.6) is 0 Å². The van der Waals surface area contributed by atoms with E-state index in [2.05, 4.69) is 26.2 Å². The van der Waals surface area contributed by atoms with Crippen molar-refractivity contribution in [1.29, 1.82) is 0 Å². The number of urea groups is 1. The fraction of sp³-hybridized carbons (Fsp3) is 0.462. The number of piperazine rings is 1. The molecule has 1 N–H and O–H groups in total. The standard InChI is InChI=1S/C13H16BrClN4O2/c1-2-16-13(21)19-5-3-18(4-6-19)12(20)10-7-9(14)8-17-11(10)15/h7-8H,2-6H2,1H3,(H,16,21). The minimum atomic E-state index is -0.163. The normalized spacial score (nSPS) is 15.0. The van der Waals surface area contributed by atoms with Gasteiger partial charge in [0.2, 0.25) is 0 Å². The van der Waals surface area contributed by atoms with E-state index in [0.717, 1.165) is 0 Å². The third kappa shape index (κ3) is 3.85. The number of rotatable bonds is 2. The summed E-state index contributed by atoms with van der Waals surface area (Å²) in [6.07, 6.45) is 1.55. The molecular weight excluding hydrogens is 360 g/mol. The van der Waals surface area contributed by atoms with Crippen molar-refractivity contribution in [2.75, 3.05) is 32.7 Å². The Kier molecular flexibility index (Phi) is 5.41. The quantitative estimate of drug-likeness (QED) is 0.804. The fourth-order valence-corrected chi connectivity index (χ4v) is 2.63. The molecule has 0 atom stereocenters. The van der Waals surface area contributed by atoms with Crippen LogP contribution < -0.4 is 5.32 Å². The molecule has 8 heteroatoms. The summed E-state index contributed by atoms with van der Waals surface area (Å²) in [6.45, 7) is 4.46. The van der Waals surface area contributed by atoms with Gasteiger partial charge in [0.25, 0.3) is 5.91 Å². The molecular formula is C13H16BrClN4O2. The molecule has 1 saturated heterocycles. The Balaban J connectivity index is 2.00. The van der Waals surface area contributed by atoms with Gasteiger partial charge in [0.15, 0.2) is 0 Å². The lowest BCUT2D eigenvalue weighted by atomic mass is 10.2. The molecule has 114 valence electrons. The molecule has 0 radical (unpaired) electrons. The van der Waals surface area contributed by atoms with Crippen molar-refractivity contribution in [3.8, 4) is 0 Å². The maximum Gasteiger partial charge on any atom is 0.317 e. The van der Waals surface area contributed by atoms with Crippen molar-refractivity contribution in [1.82, 2.24) is 20.1 Å². The highest BCUT2D eigenvalue weighted by atomic mass is 79.9. The van der Waals surface area contributed by atoms with Crippen molar-refractivity contribution in [3.05, 3.63) is 27.5 Å². The number of aromatic nitrogens is 1. The van der Waals surface area contributed by atoms with Gasteiger partial charge in [-0.2, -0.15) is 0 Å². The first kappa shape index (κ1) is 16.0. The largest absolute Gasteiger partial charge is 0.338 e. The van der Waals surface area contributed by atoms with Crippen LogP contribution in [0, 0.1) is 0 Å².